The highest BCUT2D eigenvalue weighted by Crippen LogP contribution is 2.32. The Hall–Kier alpha value is -3.00. The Morgan fingerprint density at radius 1 is 1.20 bits per heavy atom. The number of benzene rings is 1. The van der Waals surface area contributed by atoms with E-state index in [2.05, 4.69) is 21.7 Å². The van der Waals surface area contributed by atoms with Crippen molar-refractivity contribution in [2.75, 3.05) is 11.4 Å². The number of amides is 1. The van der Waals surface area contributed by atoms with Crippen LogP contribution in [0.4, 0.5) is 5.13 Å². The molecule has 0 spiro atoms. The van der Waals surface area contributed by atoms with Crippen LogP contribution < -0.4 is 4.90 Å². The topological polar surface area (TPSA) is 72.1 Å². The lowest BCUT2D eigenvalue weighted by atomic mass is 10.2. The van der Waals surface area contributed by atoms with Gasteiger partial charge in [0.15, 0.2) is 16.6 Å². The van der Waals surface area contributed by atoms with E-state index in [1.54, 1.807) is 42.7 Å². The van der Waals surface area contributed by atoms with Crippen LogP contribution in [0.3, 0.4) is 0 Å². The number of carbonyl (C=O) groups is 1. The summed E-state index contributed by atoms with van der Waals surface area (Å²) < 4.78 is 5.33. The quantitative estimate of drug-likeness (QED) is 0.332. The number of carbonyl (C=O) groups excluding carboxylic acids is 1. The number of hydrogen-bond donors (Lipinski definition) is 0. The lowest BCUT2D eigenvalue weighted by molar-refractivity contribution is 0.0981. The van der Waals surface area contributed by atoms with Crippen LogP contribution in [-0.2, 0) is 0 Å². The lowest BCUT2D eigenvalue weighted by Gasteiger charge is -2.16. The van der Waals surface area contributed by atoms with Crippen LogP contribution in [0.5, 0.6) is 0 Å². The summed E-state index contributed by atoms with van der Waals surface area (Å²) in [4.78, 5) is 23.2. The Labute approximate surface area is 186 Å². The predicted molar refractivity (Wildman–Crippen MR) is 119 cm³/mol. The van der Waals surface area contributed by atoms with Gasteiger partial charge in [-0.1, -0.05) is 40.5 Å². The van der Waals surface area contributed by atoms with E-state index in [4.69, 9.17) is 27.7 Å². The van der Waals surface area contributed by atoms with E-state index in [1.807, 2.05) is 17.5 Å². The Morgan fingerprint density at radius 3 is 2.80 bits per heavy atom. The molecule has 0 saturated carbocycles. The van der Waals surface area contributed by atoms with Crippen LogP contribution in [0.1, 0.15) is 10.5 Å². The maximum absolute atomic E-state index is 13.1. The second-order valence-electron chi connectivity index (χ2n) is 6.17. The van der Waals surface area contributed by atoms with Crippen LogP contribution in [0, 0.1) is 0 Å². The molecule has 4 aromatic rings. The summed E-state index contributed by atoms with van der Waals surface area (Å²) in [7, 11) is 0. The van der Waals surface area contributed by atoms with Gasteiger partial charge in [0.1, 0.15) is 0 Å². The fourth-order valence-corrected chi connectivity index (χ4v) is 3.85. The third-order valence-corrected chi connectivity index (χ3v) is 5.77. The molecule has 0 saturated heterocycles. The van der Waals surface area contributed by atoms with E-state index in [1.165, 1.54) is 16.2 Å². The standard InChI is InChI=1S/C21H14Cl2N4O2S/c1-2-8-27(20(28)17-10-19(29-26-17)14-4-3-7-24-11-14)21-25-18(12-30-21)13-5-6-15(22)16(23)9-13/h2-7,9-12H,1,8H2. The molecular formula is C21H14Cl2N4O2S. The third kappa shape index (κ3) is 4.14. The molecule has 0 radical (unpaired) electrons. The molecule has 0 aliphatic rings. The second kappa shape index (κ2) is 8.79. The molecule has 3 heterocycles. The zero-order chi connectivity index (χ0) is 21.1. The summed E-state index contributed by atoms with van der Waals surface area (Å²) in [5.74, 6) is 0.115. The molecule has 0 aliphatic heterocycles. The Balaban J connectivity index is 1.62. The van der Waals surface area contributed by atoms with Gasteiger partial charge in [-0.25, -0.2) is 4.98 Å². The molecule has 150 valence electrons. The minimum Gasteiger partial charge on any atom is -0.355 e. The minimum atomic E-state index is -0.344. The van der Waals surface area contributed by atoms with Crippen LogP contribution in [0.25, 0.3) is 22.6 Å². The zero-order valence-corrected chi connectivity index (χ0v) is 17.8. The smallest absolute Gasteiger partial charge is 0.282 e. The molecule has 1 aromatic carbocycles. The van der Waals surface area contributed by atoms with E-state index in [9.17, 15) is 4.79 Å². The number of aromatic nitrogens is 3. The highest BCUT2D eigenvalue weighted by molar-refractivity contribution is 7.14. The molecule has 0 atom stereocenters. The van der Waals surface area contributed by atoms with Crippen molar-refractivity contribution in [1.82, 2.24) is 15.1 Å². The number of rotatable bonds is 6. The molecule has 30 heavy (non-hydrogen) atoms. The van der Waals surface area contributed by atoms with Crippen molar-refractivity contribution in [3.05, 3.63) is 82.6 Å². The average molecular weight is 457 g/mol. The summed E-state index contributed by atoms with van der Waals surface area (Å²) in [5.41, 5.74) is 2.39. The number of nitrogens with zero attached hydrogens (tertiary/aromatic N) is 4. The highest BCUT2D eigenvalue weighted by Gasteiger charge is 2.24. The van der Waals surface area contributed by atoms with Crippen molar-refractivity contribution in [2.45, 2.75) is 0 Å². The van der Waals surface area contributed by atoms with Gasteiger partial charge in [-0.2, -0.15) is 0 Å². The van der Waals surface area contributed by atoms with Gasteiger partial charge in [0, 0.05) is 41.5 Å². The summed E-state index contributed by atoms with van der Waals surface area (Å²) in [6, 6.07) is 10.5. The molecule has 1 amide bonds. The van der Waals surface area contributed by atoms with Gasteiger partial charge in [0.2, 0.25) is 0 Å². The summed E-state index contributed by atoms with van der Waals surface area (Å²) in [5, 5.41) is 7.19. The second-order valence-corrected chi connectivity index (χ2v) is 7.82. The number of hydrogen-bond acceptors (Lipinski definition) is 6. The SMILES string of the molecule is C=CCN(C(=O)c1cc(-c2cccnc2)on1)c1nc(-c2ccc(Cl)c(Cl)c2)cs1. The molecule has 0 aliphatic carbocycles. The van der Waals surface area contributed by atoms with Gasteiger partial charge in [0.05, 0.1) is 15.7 Å². The summed E-state index contributed by atoms with van der Waals surface area (Å²) in [6.07, 6.45) is 4.92. The predicted octanol–water partition coefficient (Wildman–Crippen LogP) is 6.00. The largest absolute Gasteiger partial charge is 0.355 e. The molecule has 0 N–H and O–H groups in total. The Morgan fingerprint density at radius 2 is 2.07 bits per heavy atom. The average Bonchev–Trinajstić information content (AvgIpc) is 3.44. The van der Waals surface area contributed by atoms with Gasteiger partial charge in [-0.05, 0) is 24.3 Å². The maximum Gasteiger partial charge on any atom is 0.282 e. The molecule has 4 rings (SSSR count). The van der Waals surface area contributed by atoms with Crippen LogP contribution in [0.15, 0.2) is 71.4 Å². The molecule has 0 unspecified atom stereocenters. The van der Waals surface area contributed by atoms with Crippen molar-refractivity contribution in [3.8, 4) is 22.6 Å². The van der Waals surface area contributed by atoms with E-state index in [0.29, 0.717) is 26.6 Å². The minimum absolute atomic E-state index is 0.169. The van der Waals surface area contributed by atoms with Crippen molar-refractivity contribution < 1.29 is 9.32 Å². The van der Waals surface area contributed by atoms with Crippen LogP contribution >= 0.6 is 34.5 Å². The normalized spacial score (nSPS) is 10.7. The summed E-state index contributed by atoms with van der Waals surface area (Å²) in [6.45, 7) is 4.01. The van der Waals surface area contributed by atoms with Crippen LogP contribution in [0.2, 0.25) is 10.0 Å². The monoisotopic (exact) mass is 456 g/mol. The Kier molecular flexibility index (Phi) is 5.94. The number of pyridine rings is 1. The van der Waals surface area contributed by atoms with E-state index in [0.717, 1.165) is 11.1 Å². The first-order valence-electron chi connectivity index (χ1n) is 8.77. The molecule has 0 bridgehead atoms. The van der Waals surface area contributed by atoms with Gasteiger partial charge in [-0.15, -0.1) is 17.9 Å². The third-order valence-electron chi connectivity index (χ3n) is 4.17. The fourth-order valence-electron chi connectivity index (χ4n) is 2.71. The van der Waals surface area contributed by atoms with Gasteiger partial charge in [0.25, 0.3) is 5.91 Å². The number of anilines is 1. The van der Waals surface area contributed by atoms with Crippen molar-refractivity contribution in [1.29, 1.82) is 0 Å². The van der Waals surface area contributed by atoms with Crippen LogP contribution in [-0.4, -0.2) is 27.6 Å². The fraction of sp³-hybridized carbons (Fsp3) is 0.0476. The molecular weight excluding hydrogens is 443 g/mol. The highest BCUT2D eigenvalue weighted by atomic mass is 35.5. The van der Waals surface area contributed by atoms with Gasteiger partial charge >= 0.3 is 0 Å². The molecule has 3 aromatic heterocycles. The first kappa shape index (κ1) is 20.3. The van der Waals surface area contributed by atoms with Crippen molar-refractivity contribution in [3.63, 3.8) is 0 Å². The van der Waals surface area contributed by atoms with E-state index >= 15 is 0 Å². The van der Waals surface area contributed by atoms with E-state index in [-0.39, 0.29) is 18.1 Å². The number of thiazole rings is 1. The number of halogens is 2. The summed E-state index contributed by atoms with van der Waals surface area (Å²) >= 11 is 13.4. The molecule has 0 fully saturated rings. The lowest BCUT2D eigenvalue weighted by Crippen LogP contribution is -2.31. The van der Waals surface area contributed by atoms with Crippen molar-refractivity contribution >= 4 is 45.6 Å². The molecule has 9 heteroatoms. The van der Waals surface area contributed by atoms with E-state index < -0.39 is 0 Å². The Bertz CT molecular complexity index is 1210. The first-order chi connectivity index (χ1) is 14.6. The zero-order valence-electron chi connectivity index (χ0n) is 15.5. The maximum atomic E-state index is 13.1. The van der Waals surface area contributed by atoms with Gasteiger partial charge < -0.3 is 4.52 Å². The van der Waals surface area contributed by atoms with Gasteiger partial charge in [-0.3, -0.25) is 14.7 Å². The van der Waals surface area contributed by atoms with Crippen molar-refractivity contribution in [2.24, 2.45) is 0 Å². The first-order valence-corrected chi connectivity index (χ1v) is 10.4. The molecule has 6 nitrogen and oxygen atoms in total.